The highest BCUT2D eigenvalue weighted by molar-refractivity contribution is 7.12. The Morgan fingerprint density at radius 2 is 2.16 bits per heavy atom. The van der Waals surface area contributed by atoms with E-state index >= 15 is 0 Å². The first kappa shape index (κ1) is 15.9. The van der Waals surface area contributed by atoms with Crippen LogP contribution in [-0.2, 0) is 0 Å². The zero-order valence-electron chi connectivity index (χ0n) is 13.8. The largest absolute Gasteiger partial charge is 0.420 e. The smallest absolute Gasteiger partial charge is 0.263 e. The molecule has 1 aliphatic rings. The van der Waals surface area contributed by atoms with Crippen molar-refractivity contribution in [2.75, 3.05) is 13.1 Å². The van der Waals surface area contributed by atoms with E-state index in [9.17, 15) is 4.79 Å². The van der Waals surface area contributed by atoms with E-state index in [1.165, 1.54) is 11.3 Å². The molecule has 8 heteroatoms. The van der Waals surface area contributed by atoms with E-state index in [-0.39, 0.29) is 11.8 Å². The van der Waals surface area contributed by atoms with Crippen molar-refractivity contribution in [2.45, 2.75) is 25.7 Å². The number of hydrogen-bond acceptors (Lipinski definition) is 7. The van der Waals surface area contributed by atoms with Crippen LogP contribution in [-0.4, -0.2) is 44.1 Å². The second-order valence-corrected chi connectivity index (χ2v) is 6.98. The maximum Gasteiger partial charge on any atom is 0.263 e. The average Bonchev–Trinajstić information content (AvgIpc) is 3.34. The van der Waals surface area contributed by atoms with Gasteiger partial charge in [-0.3, -0.25) is 4.79 Å². The molecule has 1 unspecified atom stereocenters. The van der Waals surface area contributed by atoms with Gasteiger partial charge in [0.1, 0.15) is 5.82 Å². The Labute approximate surface area is 148 Å². The Morgan fingerprint density at radius 1 is 1.32 bits per heavy atom. The van der Waals surface area contributed by atoms with Crippen LogP contribution in [0, 0.1) is 6.92 Å². The Bertz CT molecular complexity index is 860. The van der Waals surface area contributed by atoms with Gasteiger partial charge in [-0.15, -0.1) is 21.5 Å². The number of piperidine rings is 1. The number of hydrogen-bond donors (Lipinski definition) is 0. The van der Waals surface area contributed by atoms with Gasteiger partial charge in [-0.2, -0.15) is 0 Å². The molecule has 1 fully saturated rings. The zero-order valence-corrected chi connectivity index (χ0v) is 14.6. The lowest BCUT2D eigenvalue weighted by Crippen LogP contribution is -2.38. The third kappa shape index (κ3) is 3.30. The molecule has 0 aromatic carbocycles. The number of rotatable bonds is 3. The molecule has 0 saturated carbocycles. The number of thiophene rings is 1. The summed E-state index contributed by atoms with van der Waals surface area (Å²) in [5, 5.41) is 10.2. The van der Waals surface area contributed by atoms with Crippen molar-refractivity contribution >= 4 is 17.2 Å². The summed E-state index contributed by atoms with van der Waals surface area (Å²) in [5.74, 6) is 1.81. The molecule has 1 aliphatic heterocycles. The molecule has 1 saturated heterocycles. The SMILES string of the molecule is Cc1ncc(-c2nnc(C3CCCN(C(=O)c4cccs4)C3)o2)cn1. The molecular formula is C17H17N5O2S. The highest BCUT2D eigenvalue weighted by atomic mass is 32.1. The van der Waals surface area contributed by atoms with Crippen molar-refractivity contribution in [3.05, 3.63) is 46.5 Å². The number of aryl methyl sites for hydroxylation is 1. The summed E-state index contributed by atoms with van der Waals surface area (Å²) < 4.78 is 5.83. The Morgan fingerprint density at radius 3 is 2.92 bits per heavy atom. The lowest BCUT2D eigenvalue weighted by atomic mass is 9.98. The van der Waals surface area contributed by atoms with Crippen LogP contribution >= 0.6 is 11.3 Å². The van der Waals surface area contributed by atoms with Crippen LogP contribution in [0.1, 0.15) is 40.1 Å². The van der Waals surface area contributed by atoms with Crippen molar-refractivity contribution in [3.8, 4) is 11.5 Å². The second-order valence-electron chi connectivity index (χ2n) is 6.03. The molecule has 25 heavy (non-hydrogen) atoms. The minimum Gasteiger partial charge on any atom is -0.420 e. The Kier molecular flexibility index (Phi) is 4.27. The fourth-order valence-electron chi connectivity index (χ4n) is 2.94. The summed E-state index contributed by atoms with van der Waals surface area (Å²) >= 11 is 1.47. The van der Waals surface area contributed by atoms with Crippen molar-refractivity contribution in [2.24, 2.45) is 0 Å². The quantitative estimate of drug-likeness (QED) is 0.718. The van der Waals surface area contributed by atoms with Gasteiger partial charge in [0.2, 0.25) is 5.89 Å². The topological polar surface area (TPSA) is 85.0 Å². The van der Waals surface area contributed by atoms with Crippen molar-refractivity contribution in [1.29, 1.82) is 0 Å². The predicted molar refractivity (Wildman–Crippen MR) is 92.3 cm³/mol. The molecule has 1 amide bonds. The number of carbonyl (C=O) groups excluding carboxylic acids is 1. The van der Waals surface area contributed by atoms with Crippen LogP contribution < -0.4 is 0 Å². The van der Waals surface area contributed by atoms with Gasteiger partial charge < -0.3 is 9.32 Å². The summed E-state index contributed by atoms with van der Waals surface area (Å²) in [6.45, 7) is 3.19. The van der Waals surface area contributed by atoms with Gasteiger partial charge in [-0.25, -0.2) is 9.97 Å². The van der Waals surface area contributed by atoms with Crippen LogP contribution in [0.3, 0.4) is 0 Å². The number of nitrogens with zero attached hydrogens (tertiary/aromatic N) is 5. The maximum atomic E-state index is 12.5. The zero-order chi connectivity index (χ0) is 17.2. The van der Waals surface area contributed by atoms with Gasteiger partial charge in [0.25, 0.3) is 11.8 Å². The summed E-state index contributed by atoms with van der Waals surface area (Å²) in [4.78, 5) is 23.5. The third-order valence-electron chi connectivity index (χ3n) is 4.26. The molecule has 0 spiro atoms. The number of carbonyl (C=O) groups is 1. The third-order valence-corrected chi connectivity index (χ3v) is 5.12. The van der Waals surface area contributed by atoms with E-state index in [0.717, 1.165) is 24.3 Å². The van der Waals surface area contributed by atoms with E-state index in [4.69, 9.17) is 4.42 Å². The summed E-state index contributed by atoms with van der Waals surface area (Å²) in [7, 11) is 0. The van der Waals surface area contributed by atoms with Crippen molar-refractivity contribution in [1.82, 2.24) is 25.1 Å². The van der Waals surface area contributed by atoms with E-state index < -0.39 is 0 Å². The molecule has 3 aromatic heterocycles. The molecular weight excluding hydrogens is 338 g/mol. The van der Waals surface area contributed by atoms with Gasteiger partial charge in [-0.05, 0) is 31.2 Å². The monoisotopic (exact) mass is 355 g/mol. The predicted octanol–water partition coefficient (Wildman–Crippen LogP) is 2.92. The van der Waals surface area contributed by atoms with E-state index in [1.807, 2.05) is 29.3 Å². The minimum atomic E-state index is 0.0604. The first-order valence-electron chi connectivity index (χ1n) is 8.16. The number of amides is 1. The van der Waals surface area contributed by atoms with E-state index in [0.29, 0.717) is 29.7 Å². The minimum absolute atomic E-state index is 0.0604. The van der Waals surface area contributed by atoms with Crippen LogP contribution in [0.5, 0.6) is 0 Å². The van der Waals surface area contributed by atoms with Crippen LogP contribution in [0.2, 0.25) is 0 Å². The number of likely N-dealkylation sites (tertiary alicyclic amines) is 1. The van der Waals surface area contributed by atoms with Gasteiger partial charge in [0.05, 0.1) is 16.4 Å². The molecule has 7 nitrogen and oxygen atoms in total. The summed E-state index contributed by atoms with van der Waals surface area (Å²) in [6, 6.07) is 3.76. The fraction of sp³-hybridized carbons (Fsp3) is 0.353. The summed E-state index contributed by atoms with van der Waals surface area (Å²) in [5.41, 5.74) is 0.701. The van der Waals surface area contributed by atoms with Crippen LogP contribution in [0.25, 0.3) is 11.5 Å². The van der Waals surface area contributed by atoms with Crippen molar-refractivity contribution in [3.63, 3.8) is 0 Å². The maximum absolute atomic E-state index is 12.5. The molecule has 0 aliphatic carbocycles. The van der Waals surface area contributed by atoms with Crippen molar-refractivity contribution < 1.29 is 9.21 Å². The van der Waals surface area contributed by atoms with Crippen LogP contribution in [0.15, 0.2) is 34.3 Å². The van der Waals surface area contributed by atoms with E-state index in [1.54, 1.807) is 12.4 Å². The fourth-order valence-corrected chi connectivity index (χ4v) is 3.63. The first-order chi connectivity index (χ1) is 12.2. The highest BCUT2D eigenvalue weighted by Gasteiger charge is 2.29. The molecule has 0 bridgehead atoms. The Hall–Kier alpha value is -2.61. The molecule has 0 N–H and O–H groups in total. The normalized spacial score (nSPS) is 17.6. The van der Waals surface area contributed by atoms with Gasteiger partial charge in [0.15, 0.2) is 0 Å². The van der Waals surface area contributed by atoms with Gasteiger partial charge >= 0.3 is 0 Å². The van der Waals surface area contributed by atoms with E-state index in [2.05, 4.69) is 20.2 Å². The molecule has 4 rings (SSSR count). The Balaban J connectivity index is 1.50. The van der Waals surface area contributed by atoms with Gasteiger partial charge in [-0.1, -0.05) is 6.07 Å². The molecule has 1 atom stereocenters. The lowest BCUT2D eigenvalue weighted by molar-refractivity contribution is 0.0703. The first-order valence-corrected chi connectivity index (χ1v) is 9.04. The standard InChI is InChI=1S/C17H17N5O2S/c1-11-18-8-13(9-19-11)16-21-20-15(24-16)12-4-2-6-22(10-12)17(23)14-5-3-7-25-14/h3,5,7-9,12H,2,4,6,10H2,1H3. The molecule has 3 aromatic rings. The molecule has 0 radical (unpaired) electrons. The molecule has 4 heterocycles. The highest BCUT2D eigenvalue weighted by Crippen LogP contribution is 2.29. The van der Waals surface area contributed by atoms with Gasteiger partial charge in [0, 0.05) is 25.5 Å². The lowest BCUT2D eigenvalue weighted by Gasteiger charge is -2.30. The number of aromatic nitrogens is 4. The average molecular weight is 355 g/mol. The van der Waals surface area contributed by atoms with Crippen LogP contribution in [0.4, 0.5) is 0 Å². The second kappa shape index (κ2) is 6.72. The summed E-state index contributed by atoms with van der Waals surface area (Å²) in [6.07, 6.45) is 5.20. The molecule has 128 valence electrons.